The first-order valence-electron chi connectivity index (χ1n) is 13.8. The van der Waals surface area contributed by atoms with Gasteiger partial charge in [-0.15, -0.1) is 0 Å². The molecular weight excluding hydrogens is 492 g/mol. The summed E-state index contributed by atoms with van der Waals surface area (Å²) in [7, 11) is 0. The lowest BCUT2D eigenvalue weighted by Gasteiger charge is -2.15. The number of benzene rings is 1. The summed E-state index contributed by atoms with van der Waals surface area (Å²) in [6.07, 6.45) is 8.71. The number of hydrogen-bond donors (Lipinski definition) is 1. The number of nitrogens with one attached hydrogen (secondary N) is 1. The monoisotopic (exact) mass is 526 g/mol. The van der Waals surface area contributed by atoms with Gasteiger partial charge in [-0.3, -0.25) is 23.5 Å². The van der Waals surface area contributed by atoms with Gasteiger partial charge in [0.15, 0.2) is 0 Å². The van der Waals surface area contributed by atoms with Gasteiger partial charge in [0, 0.05) is 36.9 Å². The molecule has 0 aliphatic carbocycles. The lowest BCUT2D eigenvalue weighted by Crippen LogP contribution is -2.25. The molecule has 1 aliphatic heterocycles. The van der Waals surface area contributed by atoms with Crippen LogP contribution in [-0.4, -0.2) is 66.0 Å². The van der Waals surface area contributed by atoms with Gasteiger partial charge < -0.3 is 10.1 Å². The minimum absolute atomic E-state index is 0.228. The summed E-state index contributed by atoms with van der Waals surface area (Å²) in [6, 6.07) is 11.7. The number of carbonyl (C=O) groups is 1. The summed E-state index contributed by atoms with van der Waals surface area (Å²) in [5.41, 5.74) is 4.71. The van der Waals surface area contributed by atoms with Gasteiger partial charge in [0.1, 0.15) is 23.7 Å². The Kier molecular flexibility index (Phi) is 7.02. The van der Waals surface area contributed by atoms with Crippen molar-refractivity contribution in [3.8, 4) is 5.75 Å². The number of carbonyl (C=O) groups excluding carboxylic acids is 1. The van der Waals surface area contributed by atoms with E-state index in [-0.39, 0.29) is 5.91 Å². The number of rotatable bonds is 10. The molecule has 39 heavy (non-hydrogen) atoms. The first-order chi connectivity index (χ1) is 19.1. The lowest BCUT2D eigenvalue weighted by atomic mass is 10.1. The molecule has 1 saturated heterocycles. The summed E-state index contributed by atoms with van der Waals surface area (Å²) in [6.45, 7) is 9.41. The lowest BCUT2D eigenvalue weighted by molar-refractivity contribution is 0.102. The number of anilines is 1. The van der Waals surface area contributed by atoms with E-state index in [9.17, 15) is 4.79 Å². The molecule has 0 bridgehead atoms. The minimum Gasteiger partial charge on any atom is -0.492 e. The Hall–Kier alpha value is -4.18. The van der Waals surface area contributed by atoms with Crippen molar-refractivity contribution in [3.05, 3.63) is 72.1 Å². The zero-order chi connectivity index (χ0) is 26.8. The molecule has 0 spiro atoms. The maximum Gasteiger partial charge on any atom is 0.274 e. The number of likely N-dealkylation sites (tertiary alicyclic amines) is 1. The van der Waals surface area contributed by atoms with Gasteiger partial charge in [0.05, 0.1) is 35.3 Å². The number of aromatic nitrogens is 6. The summed E-state index contributed by atoms with van der Waals surface area (Å²) in [4.78, 5) is 20.3. The normalized spacial score (nSPS) is 14.0. The van der Waals surface area contributed by atoms with Crippen molar-refractivity contribution in [1.29, 1.82) is 0 Å². The van der Waals surface area contributed by atoms with Crippen LogP contribution in [0.4, 0.5) is 5.69 Å². The first-order valence-corrected chi connectivity index (χ1v) is 13.8. The topological polar surface area (TPSA) is 94.5 Å². The van der Waals surface area contributed by atoms with Gasteiger partial charge >= 0.3 is 0 Å². The summed E-state index contributed by atoms with van der Waals surface area (Å²) in [5, 5.41) is 13.5. The predicted molar refractivity (Wildman–Crippen MR) is 150 cm³/mol. The fraction of sp³-hybridized carbons (Fsp3) is 0.379. The predicted octanol–water partition coefficient (Wildman–Crippen LogP) is 4.24. The highest BCUT2D eigenvalue weighted by atomic mass is 16.5. The van der Waals surface area contributed by atoms with E-state index in [0.717, 1.165) is 66.3 Å². The maximum atomic E-state index is 13.4. The van der Waals surface area contributed by atoms with Crippen LogP contribution in [0.2, 0.25) is 0 Å². The fourth-order valence-electron chi connectivity index (χ4n) is 5.30. The molecule has 1 amide bonds. The molecule has 10 nitrogen and oxygen atoms in total. The average Bonchev–Trinajstić information content (AvgIpc) is 3.76. The molecule has 6 rings (SSSR count). The molecule has 1 fully saturated rings. The van der Waals surface area contributed by atoms with Crippen LogP contribution in [-0.2, 0) is 19.5 Å². The third-order valence-electron chi connectivity index (χ3n) is 7.36. The first kappa shape index (κ1) is 25.1. The Balaban J connectivity index is 1.21. The van der Waals surface area contributed by atoms with E-state index >= 15 is 0 Å². The standard InChI is InChI=1S/C29H34N8O2/c1-3-23-28-24(8-7-9-25(28)37(33-23)20-21-10-14-35(4-2)32-21)31-29(38)26-19-30-27-18-22(11-15-36(26)27)39-17-16-34-12-5-6-13-34/h7-11,14-15,18-19H,3-6,12-13,16-17,20H2,1-2H3,(H,31,38). The SMILES string of the molecule is CCc1nn(Cc2ccn(CC)n2)c2cccc(NC(=O)c3cnc4cc(OCCN5CCCC5)ccn34)c12. The van der Waals surface area contributed by atoms with Crippen LogP contribution in [0, 0.1) is 0 Å². The van der Waals surface area contributed by atoms with Gasteiger partial charge in [-0.05, 0) is 63.5 Å². The van der Waals surface area contributed by atoms with Crippen LogP contribution in [0.5, 0.6) is 5.75 Å². The van der Waals surface area contributed by atoms with Gasteiger partial charge in [0.25, 0.3) is 5.91 Å². The number of nitrogens with zero attached hydrogens (tertiary/aromatic N) is 7. The third kappa shape index (κ3) is 5.12. The van der Waals surface area contributed by atoms with E-state index in [1.165, 1.54) is 12.8 Å². The highest BCUT2D eigenvalue weighted by Gasteiger charge is 2.19. The van der Waals surface area contributed by atoms with E-state index < -0.39 is 0 Å². The molecule has 0 radical (unpaired) electrons. The van der Waals surface area contributed by atoms with Gasteiger partial charge in [0.2, 0.25) is 0 Å². The average molecular weight is 527 g/mol. The van der Waals surface area contributed by atoms with Crippen molar-refractivity contribution in [2.24, 2.45) is 0 Å². The van der Waals surface area contributed by atoms with Crippen LogP contribution in [0.15, 0.2) is 55.0 Å². The van der Waals surface area contributed by atoms with E-state index in [1.807, 2.05) is 58.2 Å². The zero-order valence-electron chi connectivity index (χ0n) is 22.5. The highest BCUT2D eigenvalue weighted by Crippen LogP contribution is 2.29. The second-order valence-corrected chi connectivity index (χ2v) is 9.91. The van der Waals surface area contributed by atoms with E-state index in [1.54, 1.807) is 10.6 Å². The van der Waals surface area contributed by atoms with Crippen LogP contribution in [0.1, 0.15) is 48.6 Å². The quantitative estimate of drug-likeness (QED) is 0.293. The van der Waals surface area contributed by atoms with Crippen LogP contribution >= 0.6 is 0 Å². The van der Waals surface area contributed by atoms with Gasteiger partial charge in [-0.25, -0.2) is 4.98 Å². The van der Waals surface area contributed by atoms with Crippen molar-refractivity contribution < 1.29 is 9.53 Å². The molecule has 4 aromatic heterocycles. The van der Waals surface area contributed by atoms with Crippen LogP contribution in [0.3, 0.4) is 0 Å². The van der Waals surface area contributed by atoms with Crippen molar-refractivity contribution in [3.63, 3.8) is 0 Å². The number of pyridine rings is 1. The Morgan fingerprint density at radius 3 is 2.74 bits per heavy atom. The van der Waals surface area contributed by atoms with Crippen molar-refractivity contribution in [1.82, 2.24) is 33.8 Å². The number of imidazole rings is 1. The molecule has 0 unspecified atom stereocenters. The molecule has 202 valence electrons. The Morgan fingerprint density at radius 1 is 1.08 bits per heavy atom. The van der Waals surface area contributed by atoms with E-state index in [4.69, 9.17) is 9.84 Å². The number of aryl methyl sites for hydroxylation is 2. The smallest absolute Gasteiger partial charge is 0.274 e. The summed E-state index contributed by atoms with van der Waals surface area (Å²) in [5.74, 6) is 0.530. The molecule has 1 N–H and O–H groups in total. The van der Waals surface area contributed by atoms with Gasteiger partial charge in [-0.1, -0.05) is 13.0 Å². The maximum absolute atomic E-state index is 13.4. The molecule has 5 aromatic rings. The van der Waals surface area contributed by atoms with E-state index in [2.05, 4.69) is 34.1 Å². The number of fused-ring (bicyclic) bond motifs is 2. The largest absolute Gasteiger partial charge is 0.492 e. The number of ether oxygens (including phenoxy) is 1. The minimum atomic E-state index is -0.228. The Morgan fingerprint density at radius 2 is 1.95 bits per heavy atom. The van der Waals surface area contributed by atoms with Crippen molar-refractivity contribution in [2.75, 3.05) is 31.6 Å². The molecule has 0 saturated carbocycles. The highest BCUT2D eigenvalue weighted by molar-refractivity contribution is 6.08. The third-order valence-corrected chi connectivity index (χ3v) is 7.36. The summed E-state index contributed by atoms with van der Waals surface area (Å²) >= 11 is 0. The molecule has 10 heteroatoms. The fourth-order valence-corrected chi connectivity index (χ4v) is 5.30. The van der Waals surface area contributed by atoms with Crippen LogP contribution in [0.25, 0.3) is 16.6 Å². The second-order valence-electron chi connectivity index (χ2n) is 9.91. The molecule has 5 heterocycles. The molecule has 0 atom stereocenters. The molecular formula is C29H34N8O2. The second kappa shape index (κ2) is 10.9. The van der Waals surface area contributed by atoms with E-state index in [0.29, 0.717) is 24.5 Å². The Labute approximate surface area is 227 Å². The number of hydrogen-bond acceptors (Lipinski definition) is 6. The Bertz CT molecular complexity index is 1610. The number of amides is 1. The summed E-state index contributed by atoms with van der Waals surface area (Å²) < 4.78 is 11.6. The zero-order valence-corrected chi connectivity index (χ0v) is 22.5. The van der Waals surface area contributed by atoms with Gasteiger partial charge in [-0.2, -0.15) is 10.2 Å². The molecule has 1 aromatic carbocycles. The van der Waals surface area contributed by atoms with Crippen molar-refractivity contribution in [2.45, 2.75) is 46.2 Å². The molecule has 1 aliphatic rings. The van der Waals surface area contributed by atoms with Crippen molar-refractivity contribution >= 4 is 28.1 Å². The van der Waals surface area contributed by atoms with Crippen LogP contribution < -0.4 is 10.1 Å².